The number of anilines is 3. The largest absolute Gasteiger partial charge is 0.373 e. The van der Waals surface area contributed by atoms with E-state index in [1.807, 2.05) is 13.8 Å². The van der Waals surface area contributed by atoms with Crippen molar-refractivity contribution in [2.24, 2.45) is 0 Å². The molecular formula is C14H15F3N4. The van der Waals surface area contributed by atoms with Gasteiger partial charge >= 0.3 is 0 Å². The van der Waals surface area contributed by atoms with Gasteiger partial charge in [-0.1, -0.05) is 13.8 Å². The molecular weight excluding hydrogens is 281 g/mol. The third-order valence-electron chi connectivity index (χ3n) is 2.78. The minimum absolute atomic E-state index is 0.0433. The Labute approximate surface area is 120 Å². The van der Waals surface area contributed by atoms with Gasteiger partial charge in [-0.15, -0.1) is 0 Å². The van der Waals surface area contributed by atoms with Crippen molar-refractivity contribution in [2.75, 3.05) is 17.7 Å². The SMILES string of the molecule is CNc1cc(Nc2c(F)cc(F)cc2F)nc(C(C)C)n1. The molecule has 0 saturated heterocycles. The maximum absolute atomic E-state index is 13.6. The molecule has 0 bridgehead atoms. The Morgan fingerprint density at radius 3 is 2.05 bits per heavy atom. The number of hydrogen-bond acceptors (Lipinski definition) is 4. The fraction of sp³-hybridized carbons (Fsp3) is 0.286. The number of nitrogens with one attached hydrogen (secondary N) is 2. The second kappa shape index (κ2) is 5.99. The van der Waals surface area contributed by atoms with Crippen LogP contribution in [0.5, 0.6) is 0 Å². The molecule has 0 aliphatic rings. The zero-order valence-corrected chi connectivity index (χ0v) is 11.8. The summed E-state index contributed by atoms with van der Waals surface area (Å²) in [5, 5.41) is 5.38. The van der Waals surface area contributed by atoms with Crippen LogP contribution in [0, 0.1) is 17.5 Å². The highest BCUT2D eigenvalue weighted by Gasteiger charge is 2.14. The highest BCUT2D eigenvalue weighted by molar-refractivity contribution is 5.60. The van der Waals surface area contributed by atoms with E-state index in [-0.39, 0.29) is 11.7 Å². The van der Waals surface area contributed by atoms with Crippen molar-refractivity contribution in [1.29, 1.82) is 0 Å². The Hall–Kier alpha value is -2.31. The van der Waals surface area contributed by atoms with Crippen molar-refractivity contribution in [3.05, 3.63) is 41.5 Å². The second-order valence-electron chi connectivity index (χ2n) is 4.77. The van der Waals surface area contributed by atoms with Crippen molar-refractivity contribution in [2.45, 2.75) is 19.8 Å². The van der Waals surface area contributed by atoms with E-state index in [4.69, 9.17) is 0 Å². The maximum atomic E-state index is 13.6. The Balaban J connectivity index is 2.42. The molecule has 0 aliphatic carbocycles. The van der Waals surface area contributed by atoms with Gasteiger partial charge in [0.05, 0.1) is 0 Å². The van der Waals surface area contributed by atoms with E-state index >= 15 is 0 Å². The monoisotopic (exact) mass is 296 g/mol. The lowest BCUT2D eigenvalue weighted by Gasteiger charge is -2.12. The summed E-state index contributed by atoms with van der Waals surface area (Å²) in [6, 6.07) is 2.72. The third-order valence-corrected chi connectivity index (χ3v) is 2.78. The van der Waals surface area contributed by atoms with E-state index < -0.39 is 23.1 Å². The molecule has 1 heterocycles. The molecule has 0 saturated carbocycles. The minimum Gasteiger partial charge on any atom is -0.373 e. The van der Waals surface area contributed by atoms with Crippen molar-refractivity contribution in [3.8, 4) is 0 Å². The minimum atomic E-state index is -1.02. The van der Waals surface area contributed by atoms with Crippen LogP contribution in [0.4, 0.5) is 30.5 Å². The Morgan fingerprint density at radius 1 is 0.952 bits per heavy atom. The fourth-order valence-corrected chi connectivity index (χ4v) is 1.71. The molecule has 2 rings (SSSR count). The van der Waals surface area contributed by atoms with Gasteiger partial charge in [0, 0.05) is 31.2 Å². The van der Waals surface area contributed by atoms with Gasteiger partial charge in [0.2, 0.25) is 0 Å². The first kappa shape index (κ1) is 15.1. The van der Waals surface area contributed by atoms with Gasteiger partial charge in [-0.05, 0) is 0 Å². The summed E-state index contributed by atoms with van der Waals surface area (Å²) in [5.41, 5.74) is -0.452. The standard InChI is InChI=1S/C14H15F3N4/c1-7(2)14-20-11(18-3)6-12(21-14)19-13-9(16)4-8(15)5-10(13)17/h4-7H,1-3H3,(H2,18,19,20,21). The lowest BCUT2D eigenvalue weighted by molar-refractivity contribution is 0.548. The summed E-state index contributed by atoms with van der Waals surface area (Å²) < 4.78 is 40.2. The first-order valence-corrected chi connectivity index (χ1v) is 6.39. The average Bonchev–Trinajstić information content (AvgIpc) is 2.42. The van der Waals surface area contributed by atoms with E-state index in [0.29, 0.717) is 23.8 Å². The first-order chi connectivity index (χ1) is 9.90. The molecule has 0 amide bonds. The Bertz CT molecular complexity index is 636. The molecule has 2 N–H and O–H groups in total. The van der Waals surface area contributed by atoms with Gasteiger partial charge in [-0.3, -0.25) is 0 Å². The number of nitrogens with zero attached hydrogens (tertiary/aromatic N) is 2. The van der Waals surface area contributed by atoms with Gasteiger partial charge in [0.25, 0.3) is 0 Å². The van der Waals surface area contributed by atoms with Crippen LogP contribution < -0.4 is 10.6 Å². The number of hydrogen-bond donors (Lipinski definition) is 2. The van der Waals surface area contributed by atoms with Crippen LogP contribution in [0.3, 0.4) is 0 Å². The molecule has 1 aromatic heterocycles. The van der Waals surface area contributed by atoms with Crippen LogP contribution in [0.15, 0.2) is 18.2 Å². The summed E-state index contributed by atoms with van der Waals surface area (Å²) in [6.45, 7) is 3.80. The molecule has 1 aromatic carbocycles. The molecule has 0 atom stereocenters. The summed E-state index contributed by atoms with van der Waals surface area (Å²) in [7, 11) is 1.68. The van der Waals surface area contributed by atoms with Crippen LogP contribution in [0.2, 0.25) is 0 Å². The van der Waals surface area contributed by atoms with Crippen LogP contribution in [-0.2, 0) is 0 Å². The van der Waals surface area contributed by atoms with Crippen LogP contribution in [-0.4, -0.2) is 17.0 Å². The molecule has 7 heteroatoms. The number of benzene rings is 1. The molecule has 4 nitrogen and oxygen atoms in total. The predicted octanol–water partition coefficient (Wildman–Crippen LogP) is 3.80. The Kier molecular flexibility index (Phi) is 4.30. The molecule has 0 radical (unpaired) electrons. The number of halogens is 3. The summed E-state index contributed by atoms with van der Waals surface area (Å²) in [4.78, 5) is 8.43. The quantitative estimate of drug-likeness (QED) is 0.901. The van der Waals surface area contributed by atoms with Gasteiger partial charge < -0.3 is 10.6 Å². The van der Waals surface area contributed by atoms with Crippen molar-refractivity contribution >= 4 is 17.3 Å². The smallest absolute Gasteiger partial charge is 0.152 e. The zero-order valence-electron chi connectivity index (χ0n) is 11.8. The number of aromatic nitrogens is 2. The summed E-state index contributed by atoms with van der Waals surface area (Å²) in [6.07, 6.45) is 0. The van der Waals surface area contributed by atoms with Crippen LogP contribution in [0.25, 0.3) is 0 Å². The molecule has 2 aromatic rings. The van der Waals surface area contributed by atoms with Crippen molar-refractivity contribution < 1.29 is 13.2 Å². The number of rotatable bonds is 4. The third kappa shape index (κ3) is 3.42. The van der Waals surface area contributed by atoms with Crippen molar-refractivity contribution in [1.82, 2.24) is 9.97 Å². The summed E-state index contributed by atoms with van der Waals surface area (Å²) in [5.74, 6) is -1.72. The normalized spacial score (nSPS) is 10.8. The van der Waals surface area contributed by atoms with Gasteiger partial charge in [-0.2, -0.15) is 0 Å². The van der Waals surface area contributed by atoms with Gasteiger partial charge in [0.15, 0.2) is 11.6 Å². The highest BCUT2D eigenvalue weighted by Crippen LogP contribution is 2.25. The Morgan fingerprint density at radius 2 is 1.52 bits per heavy atom. The lowest BCUT2D eigenvalue weighted by atomic mass is 10.2. The van der Waals surface area contributed by atoms with Gasteiger partial charge in [0.1, 0.15) is 29.0 Å². The molecule has 21 heavy (non-hydrogen) atoms. The molecule has 0 spiro atoms. The summed E-state index contributed by atoms with van der Waals surface area (Å²) >= 11 is 0. The predicted molar refractivity (Wildman–Crippen MR) is 75.3 cm³/mol. The van der Waals surface area contributed by atoms with Crippen LogP contribution >= 0.6 is 0 Å². The second-order valence-corrected chi connectivity index (χ2v) is 4.77. The molecule has 0 aliphatic heterocycles. The van der Waals surface area contributed by atoms with E-state index in [1.54, 1.807) is 7.05 Å². The molecule has 0 unspecified atom stereocenters. The lowest BCUT2D eigenvalue weighted by Crippen LogP contribution is -2.06. The van der Waals surface area contributed by atoms with Gasteiger partial charge in [-0.25, -0.2) is 23.1 Å². The van der Waals surface area contributed by atoms with Crippen molar-refractivity contribution in [3.63, 3.8) is 0 Å². The van der Waals surface area contributed by atoms with Crippen LogP contribution in [0.1, 0.15) is 25.6 Å². The average molecular weight is 296 g/mol. The first-order valence-electron chi connectivity index (χ1n) is 6.39. The fourth-order valence-electron chi connectivity index (χ4n) is 1.71. The van der Waals surface area contributed by atoms with E-state index in [2.05, 4.69) is 20.6 Å². The highest BCUT2D eigenvalue weighted by atomic mass is 19.1. The van der Waals surface area contributed by atoms with E-state index in [0.717, 1.165) is 0 Å². The maximum Gasteiger partial charge on any atom is 0.152 e. The van der Waals surface area contributed by atoms with E-state index in [9.17, 15) is 13.2 Å². The molecule has 0 fully saturated rings. The molecule has 112 valence electrons. The topological polar surface area (TPSA) is 49.8 Å². The zero-order chi connectivity index (χ0) is 15.6. The van der Waals surface area contributed by atoms with E-state index in [1.165, 1.54) is 6.07 Å².